The average Bonchev–Trinajstić information content (AvgIpc) is 3.52. The molecule has 1 saturated carbocycles. The zero-order valence-corrected chi connectivity index (χ0v) is 15.9. The van der Waals surface area contributed by atoms with E-state index in [1.807, 2.05) is 42.5 Å². The molecule has 1 aromatic heterocycles. The first-order valence-electron chi connectivity index (χ1n) is 9.17. The molecule has 1 aliphatic rings. The van der Waals surface area contributed by atoms with Gasteiger partial charge in [-0.3, -0.25) is 9.78 Å². The summed E-state index contributed by atoms with van der Waals surface area (Å²) >= 11 is 0. The van der Waals surface area contributed by atoms with E-state index in [4.69, 9.17) is 9.47 Å². The third-order valence-corrected chi connectivity index (χ3v) is 5.38. The average molecular weight is 374 g/mol. The molecule has 1 amide bonds. The van der Waals surface area contributed by atoms with Gasteiger partial charge in [0.25, 0.3) is 0 Å². The molecule has 1 aliphatic carbocycles. The van der Waals surface area contributed by atoms with Crippen LogP contribution in [-0.2, 0) is 10.2 Å². The van der Waals surface area contributed by atoms with E-state index in [2.05, 4.69) is 22.4 Å². The molecule has 0 bridgehead atoms. The summed E-state index contributed by atoms with van der Waals surface area (Å²) in [4.78, 5) is 17.1. The highest BCUT2D eigenvalue weighted by molar-refractivity contribution is 5.97. The van der Waals surface area contributed by atoms with Crippen LogP contribution in [0, 0.1) is 5.92 Å². The zero-order valence-electron chi connectivity index (χ0n) is 15.9. The van der Waals surface area contributed by atoms with Gasteiger partial charge in [0, 0.05) is 11.6 Å². The van der Waals surface area contributed by atoms with E-state index < -0.39 is 5.41 Å². The number of amides is 1. The molecule has 1 fully saturated rings. The van der Waals surface area contributed by atoms with Crippen LogP contribution in [0.2, 0.25) is 0 Å². The van der Waals surface area contributed by atoms with Crippen molar-refractivity contribution in [1.29, 1.82) is 0 Å². The van der Waals surface area contributed by atoms with Crippen molar-refractivity contribution in [3.8, 4) is 11.5 Å². The predicted molar refractivity (Wildman–Crippen MR) is 108 cm³/mol. The highest BCUT2D eigenvalue weighted by Gasteiger charge is 2.60. The number of methoxy groups -OCH3 is 2. The van der Waals surface area contributed by atoms with Crippen LogP contribution in [0.4, 0.5) is 5.69 Å². The summed E-state index contributed by atoms with van der Waals surface area (Å²) in [5, 5.41) is 2.99. The van der Waals surface area contributed by atoms with E-state index in [0.29, 0.717) is 5.69 Å². The van der Waals surface area contributed by atoms with Crippen molar-refractivity contribution in [1.82, 2.24) is 4.98 Å². The van der Waals surface area contributed by atoms with Crippen molar-refractivity contribution < 1.29 is 14.3 Å². The fraction of sp³-hybridized carbons (Fsp3) is 0.217. The normalized spacial score (nSPS) is 16.9. The van der Waals surface area contributed by atoms with Gasteiger partial charge in [0.2, 0.25) is 5.91 Å². The van der Waals surface area contributed by atoms with E-state index in [0.717, 1.165) is 29.0 Å². The summed E-state index contributed by atoms with van der Waals surface area (Å²) in [5.41, 5.74) is 2.41. The Morgan fingerprint density at radius 3 is 2.18 bits per heavy atom. The Hall–Kier alpha value is -3.34. The highest BCUT2D eigenvalue weighted by atomic mass is 16.5. The first-order chi connectivity index (χ1) is 13.7. The molecule has 0 aliphatic heterocycles. The van der Waals surface area contributed by atoms with Crippen molar-refractivity contribution in [2.24, 2.45) is 5.92 Å². The van der Waals surface area contributed by atoms with Gasteiger partial charge >= 0.3 is 0 Å². The van der Waals surface area contributed by atoms with E-state index in [-0.39, 0.29) is 11.8 Å². The van der Waals surface area contributed by atoms with Gasteiger partial charge in [-0.1, -0.05) is 24.3 Å². The summed E-state index contributed by atoms with van der Waals surface area (Å²) < 4.78 is 10.8. The van der Waals surface area contributed by atoms with Crippen LogP contribution in [0.25, 0.3) is 0 Å². The first-order valence-corrected chi connectivity index (χ1v) is 9.17. The number of ether oxygens (including phenoxy) is 2. The van der Waals surface area contributed by atoms with Gasteiger partial charge in [-0.25, -0.2) is 0 Å². The van der Waals surface area contributed by atoms with Crippen LogP contribution < -0.4 is 14.8 Å². The largest absolute Gasteiger partial charge is 0.497 e. The van der Waals surface area contributed by atoms with Crippen molar-refractivity contribution in [2.75, 3.05) is 19.5 Å². The SMILES string of the molecule is COc1cccc(C2(c3cccc(OC)c3)CC2C(=O)Nc2cccnc2)c1. The molecule has 28 heavy (non-hydrogen) atoms. The molecule has 1 N–H and O–H groups in total. The minimum Gasteiger partial charge on any atom is -0.497 e. The van der Waals surface area contributed by atoms with E-state index in [1.54, 1.807) is 32.7 Å². The summed E-state index contributed by atoms with van der Waals surface area (Å²) in [6.45, 7) is 0. The van der Waals surface area contributed by atoms with Crippen LogP contribution in [0.3, 0.4) is 0 Å². The minimum atomic E-state index is -0.407. The van der Waals surface area contributed by atoms with Crippen LogP contribution >= 0.6 is 0 Å². The maximum Gasteiger partial charge on any atom is 0.228 e. The lowest BCUT2D eigenvalue weighted by molar-refractivity contribution is -0.117. The lowest BCUT2D eigenvalue weighted by atomic mass is 9.85. The van der Waals surface area contributed by atoms with E-state index in [9.17, 15) is 4.79 Å². The lowest BCUT2D eigenvalue weighted by Gasteiger charge is -2.20. The number of nitrogens with zero attached hydrogens (tertiary/aromatic N) is 1. The number of carbonyl (C=O) groups is 1. The molecule has 5 heteroatoms. The zero-order chi connectivity index (χ0) is 19.6. The maximum atomic E-state index is 13.0. The van der Waals surface area contributed by atoms with Gasteiger partial charge in [0.1, 0.15) is 11.5 Å². The van der Waals surface area contributed by atoms with Gasteiger partial charge in [0.15, 0.2) is 0 Å². The van der Waals surface area contributed by atoms with Gasteiger partial charge in [-0.15, -0.1) is 0 Å². The number of nitrogens with one attached hydrogen (secondary N) is 1. The second kappa shape index (κ2) is 7.35. The van der Waals surface area contributed by atoms with Gasteiger partial charge in [-0.05, 0) is 53.9 Å². The number of hydrogen-bond acceptors (Lipinski definition) is 4. The second-order valence-corrected chi connectivity index (χ2v) is 6.92. The summed E-state index contributed by atoms with van der Waals surface area (Å²) in [5.74, 6) is 1.35. The third kappa shape index (κ3) is 3.20. The Balaban J connectivity index is 1.72. The van der Waals surface area contributed by atoms with Gasteiger partial charge in [-0.2, -0.15) is 0 Å². The molecule has 3 aromatic rings. The Kier molecular flexibility index (Phi) is 4.74. The second-order valence-electron chi connectivity index (χ2n) is 6.92. The van der Waals surface area contributed by atoms with Crippen molar-refractivity contribution in [3.05, 3.63) is 84.2 Å². The Morgan fingerprint density at radius 1 is 1.00 bits per heavy atom. The Labute approximate surface area is 164 Å². The lowest BCUT2D eigenvalue weighted by Crippen LogP contribution is -2.22. The van der Waals surface area contributed by atoms with Crippen molar-refractivity contribution in [3.63, 3.8) is 0 Å². The molecular formula is C23H22N2O3. The fourth-order valence-corrected chi connectivity index (χ4v) is 3.85. The number of carbonyl (C=O) groups excluding carboxylic acids is 1. The van der Waals surface area contributed by atoms with E-state index >= 15 is 0 Å². The fourth-order valence-electron chi connectivity index (χ4n) is 3.85. The Morgan fingerprint density at radius 2 is 1.64 bits per heavy atom. The molecule has 1 atom stereocenters. The molecule has 0 saturated heterocycles. The topological polar surface area (TPSA) is 60.5 Å². The molecular weight excluding hydrogens is 352 g/mol. The maximum absolute atomic E-state index is 13.0. The molecule has 1 heterocycles. The standard InChI is InChI=1S/C23H22N2O3/c1-27-19-9-3-6-16(12-19)23(17-7-4-10-20(13-17)28-2)14-21(23)22(26)25-18-8-5-11-24-15-18/h3-13,15,21H,14H2,1-2H3,(H,25,26). The van der Waals surface area contributed by atoms with Crippen LogP contribution in [-0.4, -0.2) is 25.1 Å². The molecule has 142 valence electrons. The summed E-state index contributed by atoms with van der Waals surface area (Å²) in [6, 6.07) is 19.5. The van der Waals surface area contributed by atoms with Gasteiger partial charge in [0.05, 0.1) is 32.0 Å². The van der Waals surface area contributed by atoms with Gasteiger partial charge < -0.3 is 14.8 Å². The smallest absolute Gasteiger partial charge is 0.228 e. The third-order valence-electron chi connectivity index (χ3n) is 5.38. The quantitative estimate of drug-likeness (QED) is 0.707. The number of benzene rings is 2. The number of aromatic nitrogens is 1. The predicted octanol–water partition coefficient (Wildman–Crippen LogP) is 4.04. The molecule has 1 unspecified atom stereocenters. The van der Waals surface area contributed by atoms with Crippen LogP contribution in [0.1, 0.15) is 17.5 Å². The molecule has 0 radical (unpaired) electrons. The first kappa shape index (κ1) is 18.0. The monoisotopic (exact) mass is 374 g/mol. The molecule has 2 aromatic carbocycles. The van der Waals surface area contributed by atoms with Crippen LogP contribution in [0.5, 0.6) is 11.5 Å². The number of rotatable bonds is 6. The van der Waals surface area contributed by atoms with E-state index in [1.165, 1.54) is 0 Å². The Bertz CT molecular complexity index is 940. The molecule has 0 spiro atoms. The molecule has 5 nitrogen and oxygen atoms in total. The van der Waals surface area contributed by atoms with Crippen LogP contribution in [0.15, 0.2) is 73.1 Å². The number of anilines is 1. The number of hydrogen-bond donors (Lipinski definition) is 1. The van der Waals surface area contributed by atoms with Crippen molar-refractivity contribution in [2.45, 2.75) is 11.8 Å². The highest BCUT2D eigenvalue weighted by Crippen LogP contribution is 2.60. The summed E-state index contributed by atoms with van der Waals surface area (Å²) in [6.07, 6.45) is 4.06. The number of pyridine rings is 1. The minimum absolute atomic E-state index is 0.0151. The summed E-state index contributed by atoms with van der Waals surface area (Å²) in [7, 11) is 3.30. The van der Waals surface area contributed by atoms with Crippen molar-refractivity contribution >= 4 is 11.6 Å². The molecule has 4 rings (SSSR count).